The number of aromatic nitrogens is 4. The number of anilines is 1. The van der Waals surface area contributed by atoms with Crippen LogP contribution in [0, 0.1) is 0 Å². The highest BCUT2D eigenvalue weighted by molar-refractivity contribution is 5.88. The van der Waals surface area contributed by atoms with Gasteiger partial charge in [0, 0.05) is 19.5 Å². The Kier molecular flexibility index (Phi) is 3.84. The van der Waals surface area contributed by atoms with Crippen LogP contribution >= 0.6 is 0 Å². The highest BCUT2D eigenvalue weighted by atomic mass is 16.7. The van der Waals surface area contributed by atoms with E-state index < -0.39 is 5.60 Å². The number of hydrogen-bond acceptors (Lipinski definition) is 7. The van der Waals surface area contributed by atoms with Crippen LogP contribution in [-0.4, -0.2) is 55.6 Å². The van der Waals surface area contributed by atoms with Gasteiger partial charge in [0.1, 0.15) is 6.33 Å². The summed E-state index contributed by atoms with van der Waals surface area (Å²) in [5, 5.41) is 13.5. The molecule has 2 aromatic heterocycles. The molecule has 4 rings (SSSR count). The Labute approximate surface area is 140 Å². The lowest BCUT2D eigenvalue weighted by molar-refractivity contribution is -0.0428. The number of nitrogens with zero attached hydrogens (tertiary/aromatic N) is 6. The van der Waals surface area contributed by atoms with Crippen LogP contribution in [0.25, 0.3) is 11.2 Å². The number of aliphatic hydroxyl groups is 1. The van der Waals surface area contributed by atoms with Crippen molar-refractivity contribution in [3.05, 3.63) is 12.7 Å². The van der Waals surface area contributed by atoms with Crippen LogP contribution < -0.4 is 4.90 Å². The molecule has 1 atom stereocenters. The van der Waals surface area contributed by atoms with Gasteiger partial charge in [-0.15, -0.1) is 0 Å². The van der Waals surface area contributed by atoms with E-state index in [0.717, 1.165) is 35.8 Å². The summed E-state index contributed by atoms with van der Waals surface area (Å²) in [5.41, 5.74) is 1.92. The molecule has 0 saturated carbocycles. The van der Waals surface area contributed by atoms with Crippen LogP contribution in [0.4, 0.5) is 5.82 Å². The van der Waals surface area contributed by atoms with Gasteiger partial charge in [0.15, 0.2) is 22.6 Å². The average Bonchev–Trinajstić information content (AvgIpc) is 3.20. The molecule has 8 nitrogen and oxygen atoms in total. The van der Waals surface area contributed by atoms with Gasteiger partial charge in [-0.2, -0.15) is 0 Å². The van der Waals surface area contributed by atoms with Crippen LogP contribution in [0.2, 0.25) is 0 Å². The maximum absolute atomic E-state index is 9.38. The zero-order chi connectivity index (χ0) is 16.6. The summed E-state index contributed by atoms with van der Waals surface area (Å²) in [6.07, 6.45) is 7.66. The van der Waals surface area contributed by atoms with Crippen molar-refractivity contribution in [2.24, 2.45) is 5.16 Å². The summed E-state index contributed by atoms with van der Waals surface area (Å²) < 4.78 is 1.97. The second-order valence-corrected chi connectivity index (χ2v) is 6.82. The molecule has 2 aliphatic rings. The zero-order valence-corrected chi connectivity index (χ0v) is 13.9. The maximum Gasteiger partial charge on any atom is 0.165 e. The molecule has 0 amide bonds. The first-order valence-corrected chi connectivity index (χ1v) is 8.44. The second-order valence-electron chi connectivity index (χ2n) is 6.82. The fraction of sp³-hybridized carbons (Fsp3) is 0.625. The predicted molar refractivity (Wildman–Crippen MR) is 90.0 cm³/mol. The topological polar surface area (TPSA) is 88.7 Å². The highest BCUT2D eigenvalue weighted by Gasteiger charge is 2.33. The van der Waals surface area contributed by atoms with E-state index >= 15 is 0 Å². The number of hydrogen-bond donors (Lipinski definition) is 1. The molecule has 0 spiro atoms. The quantitative estimate of drug-likeness (QED) is 0.910. The van der Waals surface area contributed by atoms with Crippen molar-refractivity contribution in [1.29, 1.82) is 0 Å². The van der Waals surface area contributed by atoms with Gasteiger partial charge in [-0.05, 0) is 26.2 Å². The Morgan fingerprint density at radius 2 is 2.04 bits per heavy atom. The fourth-order valence-corrected chi connectivity index (χ4v) is 3.36. The molecule has 1 fully saturated rings. The molecule has 0 aromatic carbocycles. The number of imidazole rings is 1. The number of rotatable bonds is 4. The molecule has 0 aliphatic carbocycles. The van der Waals surface area contributed by atoms with E-state index in [1.54, 1.807) is 12.7 Å². The number of aliphatic hydroxyl groups excluding tert-OH is 1. The van der Waals surface area contributed by atoms with Crippen molar-refractivity contribution in [3.63, 3.8) is 0 Å². The van der Waals surface area contributed by atoms with Gasteiger partial charge in [-0.3, -0.25) is 0 Å². The fourth-order valence-electron chi connectivity index (χ4n) is 3.36. The van der Waals surface area contributed by atoms with Crippen LogP contribution in [-0.2, 0) is 11.4 Å². The Bertz CT molecular complexity index is 767. The minimum atomic E-state index is -0.611. The summed E-state index contributed by atoms with van der Waals surface area (Å²) in [6.45, 7) is 4.41. The lowest BCUT2D eigenvalue weighted by Gasteiger charge is -2.27. The Morgan fingerprint density at radius 3 is 2.79 bits per heavy atom. The molecular weight excluding hydrogens is 308 g/mol. The smallest absolute Gasteiger partial charge is 0.165 e. The van der Waals surface area contributed by atoms with Crippen LogP contribution in [0.15, 0.2) is 17.8 Å². The zero-order valence-electron chi connectivity index (χ0n) is 13.9. The lowest BCUT2D eigenvalue weighted by Crippen LogP contribution is -2.30. The number of oxime groups is 1. The van der Waals surface area contributed by atoms with E-state index in [2.05, 4.69) is 25.0 Å². The molecule has 24 heavy (non-hydrogen) atoms. The molecule has 0 radical (unpaired) electrons. The highest BCUT2D eigenvalue weighted by Crippen LogP contribution is 2.26. The maximum atomic E-state index is 9.38. The molecule has 2 aliphatic heterocycles. The van der Waals surface area contributed by atoms with Crippen molar-refractivity contribution in [2.45, 2.75) is 44.8 Å². The van der Waals surface area contributed by atoms with E-state index in [1.807, 2.05) is 11.5 Å². The second kappa shape index (κ2) is 6.01. The third-order valence-electron chi connectivity index (χ3n) is 4.70. The third-order valence-corrected chi connectivity index (χ3v) is 4.70. The largest absolute Gasteiger partial charge is 0.392 e. The van der Waals surface area contributed by atoms with E-state index in [9.17, 15) is 5.11 Å². The van der Waals surface area contributed by atoms with Gasteiger partial charge in [0.2, 0.25) is 0 Å². The van der Waals surface area contributed by atoms with Crippen molar-refractivity contribution < 1.29 is 9.94 Å². The Balaban J connectivity index is 1.59. The molecule has 1 N–H and O–H groups in total. The predicted octanol–water partition coefficient (Wildman–Crippen LogP) is 1.34. The Morgan fingerprint density at radius 1 is 1.21 bits per heavy atom. The molecule has 1 unspecified atom stereocenters. The van der Waals surface area contributed by atoms with Crippen molar-refractivity contribution >= 4 is 22.7 Å². The SMILES string of the molecule is CC1(CO)CC(Cn2cnc3c(N4CCCCC4)ncnc32)=NO1. The van der Waals surface area contributed by atoms with Crippen LogP contribution in [0.3, 0.4) is 0 Å². The van der Waals surface area contributed by atoms with E-state index in [-0.39, 0.29) is 6.61 Å². The standard InChI is InChI=1S/C16H22N6O2/c1-16(9-23)7-12(20-24-16)8-22-11-19-13-14(17-10-18-15(13)22)21-5-3-2-4-6-21/h10-11,23H,2-9H2,1H3. The first kappa shape index (κ1) is 15.3. The Hall–Kier alpha value is -2.22. The molecule has 128 valence electrons. The number of piperidine rings is 1. The van der Waals surface area contributed by atoms with Crippen molar-refractivity contribution in [1.82, 2.24) is 19.5 Å². The monoisotopic (exact) mass is 330 g/mol. The van der Waals surface area contributed by atoms with Gasteiger partial charge < -0.3 is 19.4 Å². The summed E-state index contributed by atoms with van der Waals surface area (Å²) in [5.74, 6) is 0.920. The van der Waals surface area contributed by atoms with Gasteiger partial charge in [0.05, 0.1) is 25.2 Å². The first-order chi connectivity index (χ1) is 11.7. The average molecular weight is 330 g/mol. The van der Waals surface area contributed by atoms with Crippen molar-refractivity contribution in [3.8, 4) is 0 Å². The lowest BCUT2D eigenvalue weighted by atomic mass is 10.0. The molecule has 0 bridgehead atoms. The minimum Gasteiger partial charge on any atom is -0.392 e. The molecular formula is C16H22N6O2. The van der Waals surface area contributed by atoms with Crippen LogP contribution in [0.5, 0.6) is 0 Å². The van der Waals surface area contributed by atoms with Crippen molar-refractivity contribution in [2.75, 3.05) is 24.6 Å². The third kappa shape index (κ3) is 2.71. The van der Waals surface area contributed by atoms with Crippen LogP contribution in [0.1, 0.15) is 32.6 Å². The van der Waals surface area contributed by atoms with E-state index in [0.29, 0.717) is 13.0 Å². The molecule has 2 aromatic rings. The minimum absolute atomic E-state index is 0.0496. The van der Waals surface area contributed by atoms with Gasteiger partial charge in [-0.1, -0.05) is 5.16 Å². The summed E-state index contributed by atoms with van der Waals surface area (Å²) in [7, 11) is 0. The van der Waals surface area contributed by atoms with E-state index in [1.165, 1.54) is 19.3 Å². The molecule has 1 saturated heterocycles. The summed E-state index contributed by atoms with van der Waals surface area (Å²) >= 11 is 0. The van der Waals surface area contributed by atoms with Gasteiger partial charge in [-0.25, -0.2) is 15.0 Å². The van der Waals surface area contributed by atoms with Gasteiger partial charge in [0.25, 0.3) is 0 Å². The molecule has 8 heteroatoms. The summed E-state index contributed by atoms with van der Waals surface area (Å²) in [6, 6.07) is 0. The summed E-state index contributed by atoms with van der Waals surface area (Å²) in [4.78, 5) is 21.1. The first-order valence-electron chi connectivity index (χ1n) is 8.44. The van der Waals surface area contributed by atoms with Gasteiger partial charge >= 0.3 is 0 Å². The number of fused-ring (bicyclic) bond motifs is 1. The molecule has 4 heterocycles. The van der Waals surface area contributed by atoms with E-state index in [4.69, 9.17) is 4.84 Å². The normalized spacial score (nSPS) is 24.2.